The van der Waals surface area contributed by atoms with E-state index >= 15 is 0 Å². The minimum Gasteiger partial charge on any atom is -0.495 e. The van der Waals surface area contributed by atoms with Gasteiger partial charge in [0.2, 0.25) is 0 Å². The van der Waals surface area contributed by atoms with Gasteiger partial charge in [0.15, 0.2) is 0 Å². The molecule has 1 atom stereocenters. The van der Waals surface area contributed by atoms with Crippen molar-refractivity contribution in [3.63, 3.8) is 0 Å². The number of nitrogens with one attached hydrogen (secondary N) is 1. The second-order valence-electron chi connectivity index (χ2n) is 3.63. The van der Waals surface area contributed by atoms with E-state index in [1.807, 2.05) is 6.92 Å². The van der Waals surface area contributed by atoms with Crippen molar-refractivity contribution in [3.05, 3.63) is 17.2 Å². The Bertz CT molecular complexity index is 371. The van der Waals surface area contributed by atoms with Gasteiger partial charge in [-0.3, -0.25) is 0 Å². The van der Waals surface area contributed by atoms with E-state index in [1.54, 1.807) is 26.4 Å². The van der Waals surface area contributed by atoms with E-state index in [1.165, 1.54) is 0 Å². The summed E-state index contributed by atoms with van der Waals surface area (Å²) in [6.45, 7) is 2.38. The number of aliphatic hydroxyl groups excluding tert-OH is 1. The molecule has 5 heteroatoms. The number of ether oxygens (including phenoxy) is 2. The molecule has 0 aliphatic heterocycles. The summed E-state index contributed by atoms with van der Waals surface area (Å²) in [6, 6.07) is 3.44. The predicted molar refractivity (Wildman–Crippen MR) is 69.3 cm³/mol. The first-order valence-corrected chi connectivity index (χ1v) is 5.83. The molecule has 1 aromatic rings. The molecule has 0 spiro atoms. The van der Waals surface area contributed by atoms with E-state index in [-0.39, 0.29) is 6.10 Å². The zero-order chi connectivity index (χ0) is 12.8. The summed E-state index contributed by atoms with van der Waals surface area (Å²) in [5, 5.41) is 13.1. The van der Waals surface area contributed by atoms with Crippen LogP contribution in [0.5, 0.6) is 11.5 Å². The van der Waals surface area contributed by atoms with Crippen molar-refractivity contribution < 1.29 is 14.6 Å². The molecule has 0 fully saturated rings. The summed E-state index contributed by atoms with van der Waals surface area (Å²) in [5.41, 5.74) is 0.741. The van der Waals surface area contributed by atoms with E-state index in [0.29, 0.717) is 29.5 Å². The molecule has 0 saturated heterocycles. The van der Waals surface area contributed by atoms with E-state index in [2.05, 4.69) is 5.32 Å². The molecule has 17 heavy (non-hydrogen) atoms. The van der Waals surface area contributed by atoms with Crippen LogP contribution < -0.4 is 14.8 Å². The molecule has 96 valence electrons. The molecule has 1 aromatic carbocycles. The lowest BCUT2D eigenvalue weighted by Crippen LogP contribution is -2.18. The standard InChI is InChI=1S/C12H18ClNO3/c1-4-8(15)7-14-10-5-9(13)11(16-2)6-12(10)17-3/h5-6,8,14-15H,4,7H2,1-3H3. The average molecular weight is 260 g/mol. The Hall–Kier alpha value is -1.13. The predicted octanol–water partition coefficient (Wildman–Crippen LogP) is 2.54. The number of rotatable bonds is 6. The van der Waals surface area contributed by atoms with E-state index in [4.69, 9.17) is 21.1 Å². The largest absolute Gasteiger partial charge is 0.495 e. The first-order valence-electron chi connectivity index (χ1n) is 5.45. The maximum absolute atomic E-state index is 9.49. The Balaban J connectivity index is 2.87. The Morgan fingerprint density at radius 3 is 2.47 bits per heavy atom. The van der Waals surface area contributed by atoms with Crippen molar-refractivity contribution in [2.24, 2.45) is 0 Å². The highest BCUT2D eigenvalue weighted by molar-refractivity contribution is 6.32. The second kappa shape index (κ2) is 6.57. The normalized spacial score (nSPS) is 12.1. The summed E-state index contributed by atoms with van der Waals surface area (Å²) in [5.74, 6) is 1.19. The number of hydrogen-bond acceptors (Lipinski definition) is 4. The van der Waals surface area contributed by atoms with Crippen molar-refractivity contribution in [2.45, 2.75) is 19.4 Å². The third kappa shape index (κ3) is 3.68. The van der Waals surface area contributed by atoms with E-state index in [0.717, 1.165) is 5.69 Å². The van der Waals surface area contributed by atoms with Crippen molar-refractivity contribution in [2.75, 3.05) is 26.1 Å². The van der Waals surface area contributed by atoms with Gasteiger partial charge < -0.3 is 19.9 Å². The lowest BCUT2D eigenvalue weighted by Gasteiger charge is -2.15. The van der Waals surface area contributed by atoms with Gasteiger partial charge in [0.1, 0.15) is 11.5 Å². The van der Waals surface area contributed by atoms with Crippen LogP contribution in [0.4, 0.5) is 5.69 Å². The molecule has 0 aromatic heterocycles. The number of halogens is 1. The highest BCUT2D eigenvalue weighted by Crippen LogP contribution is 2.35. The number of aliphatic hydroxyl groups is 1. The van der Waals surface area contributed by atoms with Crippen molar-refractivity contribution in [1.29, 1.82) is 0 Å². The fourth-order valence-electron chi connectivity index (χ4n) is 1.37. The summed E-state index contributed by atoms with van der Waals surface area (Å²) >= 11 is 6.02. The summed E-state index contributed by atoms with van der Waals surface area (Å²) in [4.78, 5) is 0. The highest BCUT2D eigenvalue weighted by atomic mass is 35.5. The highest BCUT2D eigenvalue weighted by Gasteiger charge is 2.10. The molecular weight excluding hydrogens is 242 g/mol. The van der Waals surface area contributed by atoms with Gasteiger partial charge in [-0.25, -0.2) is 0 Å². The molecular formula is C12H18ClNO3. The average Bonchev–Trinajstić information content (AvgIpc) is 2.35. The Kier molecular flexibility index (Phi) is 5.38. The third-order valence-electron chi connectivity index (χ3n) is 2.47. The summed E-state index contributed by atoms with van der Waals surface area (Å²) in [6.07, 6.45) is 0.305. The maximum Gasteiger partial charge on any atom is 0.145 e. The number of methoxy groups -OCH3 is 2. The van der Waals surface area contributed by atoms with Crippen molar-refractivity contribution in [1.82, 2.24) is 0 Å². The minimum absolute atomic E-state index is 0.388. The first-order chi connectivity index (χ1) is 8.12. The topological polar surface area (TPSA) is 50.7 Å². The fraction of sp³-hybridized carbons (Fsp3) is 0.500. The quantitative estimate of drug-likeness (QED) is 0.824. The minimum atomic E-state index is -0.388. The molecule has 0 aliphatic rings. The lowest BCUT2D eigenvalue weighted by molar-refractivity contribution is 0.183. The fourth-order valence-corrected chi connectivity index (χ4v) is 1.61. The van der Waals surface area contributed by atoms with Gasteiger partial charge in [0, 0.05) is 12.6 Å². The van der Waals surface area contributed by atoms with Crippen LogP contribution in [0.1, 0.15) is 13.3 Å². The Morgan fingerprint density at radius 1 is 1.29 bits per heavy atom. The van der Waals surface area contributed by atoms with E-state index in [9.17, 15) is 5.11 Å². The molecule has 0 bridgehead atoms. The third-order valence-corrected chi connectivity index (χ3v) is 2.77. The molecule has 0 saturated carbocycles. The molecule has 0 radical (unpaired) electrons. The molecule has 0 heterocycles. The Morgan fingerprint density at radius 2 is 1.94 bits per heavy atom. The lowest BCUT2D eigenvalue weighted by atomic mass is 10.2. The monoisotopic (exact) mass is 259 g/mol. The summed E-state index contributed by atoms with van der Waals surface area (Å²) in [7, 11) is 3.12. The van der Waals surface area contributed by atoms with Crippen LogP contribution in [0.25, 0.3) is 0 Å². The van der Waals surface area contributed by atoms with Gasteiger partial charge in [0.05, 0.1) is 31.0 Å². The van der Waals surface area contributed by atoms with Crippen molar-refractivity contribution >= 4 is 17.3 Å². The summed E-state index contributed by atoms with van der Waals surface area (Å²) < 4.78 is 10.3. The second-order valence-corrected chi connectivity index (χ2v) is 4.04. The van der Waals surface area contributed by atoms with Crippen LogP contribution in [0.2, 0.25) is 5.02 Å². The van der Waals surface area contributed by atoms with Gasteiger partial charge >= 0.3 is 0 Å². The molecule has 1 rings (SSSR count). The molecule has 2 N–H and O–H groups in total. The van der Waals surface area contributed by atoms with Gasteiger partial charge in [-0.2, -0.15) is 0 Å². The first kappa shape index (κ1) is 13.9. The van der Waals surface area contributed by atoms with Gasteiger partial charge in [-0.15, -0.1) is 0 Å². The SMILES string of the molecule is CCC(O)CNc1cc(Cl)c(OC)cc1OC. The van der Waals surface area contributed by atoms with Crippen LogP contribution >= 0.6 is 11.6 Å². The zero-order valence-electron chi connectivity index (χ0n) is 10.3. The van der Waals surface area contributed by atoms with Crippen LogP contribution in [0.15, 0.2) is 12.1 Å². The molecule has 0 aliphatic carbocycles. The number of hydrogen-bond donors (Lipinski definition) is 2. The maximum atomic E-state index is 9.49. The van der Waals surface area contributed by atoms with Gasteiger partial charge in [-0.1, -0.05) is 18.5 Å². The van der Waals surface area contributed by atoms with Crippen LogP contribution in [-0.2, 0) is 0 Å². The van der Waals surface area contributed by atoms with Crippen LogP contribution in [0.3, 0.4) is 0 Å². The zero-order valence-corrected chi connectivity index (χ0v) is 11.0. The smallest absolute Gasteiger partial charge is 0.145 e. The number of anilines is 1. The Labute approximate surface area is 106 Å². The molecule has 1 unspecified atom stereocenters. The van der Waals surface area contributed by atoms with Gasteiger partial charge in [0.25, 0.3) is 0 Å². The molecule has 4 nitrogen and oxygen atoms in total. The van der Waals surface area contributed by atoms with E-state index < -0.39 is 0 Å². The van der Waals surface area contributed by atoms with Crippen LogP contribution in [0, 0.1) is 0 Å². The number of benzene rings is 1. The van der Waals surface area contributed by atoms with Crippen LogP contribution in [-0.4, -0.2) is 32.0 Å². The van der Waals surface area contributed by atoms with Crippen molar-refractivity contribution in [3.8, 4) is 11.5 Å². The van der Waals surface area contributed by atoms with Gasteiger partial charge in [-0.05, 0) is 12.5 Å². The molecule has 0 amide bonds.